The van der Waals surface area contributed by atoms with E-state index in [4.69, 9.17) is 0 Å². The Morgan fingerprint density at radius 3 is 2.64 bits per heavy atom. The van der Waals surface area contributed by atoms with Gasteiger partial charge in [0.1, 0.15) is 0 Å². The van der Waals surface area contributed by atoms with Gasteiger partial charge in [0.05, 0.1) is 0 Å². The third-order valence-corrected chi connectivity index (χ3v) is 2.53. The molecule has 64 valence electrons. The van der Waals surface area contributed by atoms with Crippen LogP contribution >= 0.6 is 0 Å². The van der Waals surface area contributed by atoms with E-state index >= 15 is 0 Å². The van der Waals surface area contributed by atoms with Crippen molar-refractivity contribution in [2.24, 2.45) is 5.92 Å². The molecule has 11 heavy (non-hydrogen) atoms. The van der Waals surface area contributed by atoms with E-state index in [-0.39, 0.29) is 0 Å². The monoisotopic (exact) mass is 152 g/mol. The molecule has 0 saturated heterocycles. The van der Waals surface area contributed by atoms with E-state index in [0.717, 1.165) is 5.92 Å². The van der Waals surface area contributed by atoms with Crippen LogP contribution in [0, 0.1) is 5.92 Å². The lowest BCUT2D eigenvalue weighted by Gasteiger charge is -1.98. The number of rotatable bonds is 4. The molecule has 1 rings (SSSR count). The minimum absolute atomic E-state index is 0.937. The lowest BCUT2D eigenvalue weighted by Crippen LogP contribution is -1.84. The van der Waals surface area contributed by atoms with Crippen molar-refractivity contribution >= 4 is 0 Å². The first-order valence-electron chi connectivity index (χ1n) is 5.10. The Morgan fingerprint density at radius 1 is 1.27 bits per heavy atom. The highest BCUT2D eigenvalue weighted by molar-refractivity contribution is 4.90. The molecular formula is C11H20. The molecule has 0 amide bonds. The van der Waals surface area contributed by atoms with Crippen molar-refractivity contribution in [1.82, 2.24) is 0 Å². The topological polar surface area (TPSA) is 0 Å². The Bertz CT molecular complexity index is 107. The summed E-state index contributed by atoms with van der Waals surface area (Å²) in [5.74, 6) is 0.937. The molecule has 0 heterocycles. The second kappa shape index (κ2) is 5.40. The number of hydrogen-bond donors (Lipinski definition) is 0. The summed E-state index contributed by atoms with van der Waals surface area (Å²) in [7, 11) is 0. The molecule has 0 aromatic rings. The molecule has 1 aliphatic rings. The van der Waals surface area contributed by atoms with Gasteiger partial charge in [0, 0.05) is 0 Å². The Balaban J connectivity index is 2.03. The SMILES string of the molecule is CCCCC=CC1CCCC1. The van der Waals surface area contributed by atoms with Crippen LogP contribution in [0.2, 0.25) is 0 Å². The van der Waals surface area contributed by atoms with E-state index < -0.39 is 0 Å². The van der Waals surface area contributed by atoms with Crippen molar-refractivity contribution in [3.05, 3.63) is 12.2 Å². The third kappa shape index (κ3) is 3.60. The zero-order chi connectivity index (χ0) is 7.94. The van der Waals surface area contributed by atoms with Crippen LogP contribution < -0.4 is 0 Å². The molecule has 1 saturated carbocycles. The molecule has 0 radical (unpaired) electrons. The second-order valence-corrected chi connectivity index (χ2v) is 3.61. The lowest BCUT2D eigenvalue weighted by molar-refractivity contribution is 0.679. The van der Waals surface area contributed by atoms with E-state index in [1.54, 1.807) is 0 Å². The highest BCUT2D eigenvalue weighted by Crippen LogP contribution is 2.25. The van der Waals surface area contributed by atoms with Crippen molar-refractivity contribution in [2.45, 2.75) is 51.9 Å². The van der Waals surface area contributed by atoms with Gasteiger partial charge in [-0.15, -0.1) is 0 Å². The summed E-state index contributed by atoms with van der Waals surface area (Å²) >= 11 is 0. The first-order valence-corrected chi connectivity index (χ1v) is 5.10. The van der Waals surface area contributed by atoms with Crippen molar-refractivity contribution in [3.63, 3.8) is 0 Å². The molecule has 0 bridgehead atoms. The summed E-state index contributed by atoms with van der Waals surface area (Å²) in [6, 6.07) is 0. The predicted octanol–water partition coefficient (Wildman–Crippen LogP) is 3.92. The van der Waals surface area contributed by atoms with Crippen molar-refractivity contribution in [1.29, 1.82) is 0 Å². The summed E-state index contributed by atoms with van der Waals surface area (Å²) in [6.45, 7) is 2.25. The first kappa shape index (κ1) is 8.83. The van der Waals surface area contributed by atoms with Gasteiger partial charge >= 0.3 is 0 Å². The van der Waals surface area contributed by atoms with Gasteiger partial charge in [-0.2, -0.15) is 0 Å². The average molecular weight is 152 g/mol. The molecule has 0 nitrogen and oxygen atoms in total. The minimum atomic E-state index is 0.937. The molecule has 0 heteroatoms. The van der Waals surface area contributed by atoms with E-state index in [1.807, 2.05) is 0 Å². The summed E-state index contributed by atoms with van der Waals surface area (Å²) < 4.78 is 0. The highest BCUT2D eigenvalue weighted by Gasteiger charge is 2.10. The minimum Gasteiger partial charge on any atom is -0.0883 e. The standard InChI is InChI=1S/C11H20/c1-2-3-4-5-8-11-9-6-7-10-11/h5,8,11H,2-4,6-7,9-10H2,1H3. The van der Waals surface area contributed by atoms with Crippen LogP contribution in [-0.4, -0.2) is 0 Å². The molecule has 0 N–H and O–H groups in total. The number of hydrogen-bond acceptors (Lipinski definition) is 0. The molecule has 0 aromatic carbocycles. The Labute approximate surface area is 70.7 Å². The van der Waals surface area contributed by atoms with Gasteiger partial charge in [0.15, 0.2) is 0 Å². The molecule has 0 atom stereocenters. The van der Waals surface area contributed by atoms with Gasteiger partial charge in [-0.25, -0.2) is 0 Å². The van der Waals surface area contributed by atoms with Crippen LogP contribution in [0.4, 0.5) is 0 Å². The van der Waals surface area contributed by atoms with Crippen LogP contribution in [0.5, 0.6) is 0 Å². The maximum absolute atomic E-state index is 2.45. The molecule has 0 aromatic heterocycles. The predicted molar refractivity (Wildman–Crippen MR) is 50.6 cm³/mol. The summed E-state index contributed by atoms with van der Waals surface area (Å²) in [5.41, 5.74) is 0. The summed E-state index contributed by atoms with van der Waals surface area (Å²) in [5, 5.41) is 0. The largest absolute Gasteiger partial charge is 0.0883 e. The third-order valence-electron chi connectivity index (χ3n) is 2.53. The van der Waals surface area contributed by atoms with E-state index in [0.29, 0.717) is 0 Å². The normalized spacial score (nSPS) is 20.1. The van der Waals surface area contributed by atoms with Crippen LogP contribution in [-0.2, 0) is 0 Å². The van der Waals surface area contributed by atoms with Crippen molar-refractivity contribution < 1.29 is 0 Å². The smallest absolute Gasteiger partial charge is 0.0234 e. The molecule has 1 aliphatic carbocycles. The fraction of sp³-hybridized carbons (Fsp3) is 0.818. The molecular weight excluding hydrogens is 132 g/mol. The fourth-order valence-corrected chi connectivity index (χ4v) is 1.76. The van der Waals surface area contributed by atoms with Crippen LogP contribution in [0.25, 0.3) is 0 Å². The van der Waals surface area contributed by atoms with Crippen molar-refractivity contribution in [3.8, 4) is 0 Å². The van der Waals surface area contributed by atoms with Crippen LogP contribution in [0.15, 0.2) is 12.2 Å². The van der Waals surface area contributed by atoms with Gasteiger partial charge in [0.2, 0.25) is 0 Å². The Kier molecular flexibility index (Phi) is 4.33. The van der Waals surface area contributed by atoms with Crippen molar-refractivity contribution in [2.75, 3.05) is 0 Å². The molecule has 0 unspecified atom stereocenters. The highest BCUT2D eigenvalue weighted by atomic mass is 14.2. The fourth-order valence-electron chi connectivity index (χ4n) is 1.76. The zero-order valence-corrected chi connectivity index (χ0v) is 7.68. The maximum atomic E-state index is 2.45. The van der Waals surface area contributed by atoms with Gasteiger partial charge in [0.25, 0.3) is 0 Å². The van der Waals surface area contributed by atoms with E-state index in [1.165, 1.54) is 44.9 Å². The molecule has 1 fully saturated rings. The second-order valence-electron chi connectivity index (χ2n) is 3.61. The van der Waals surface area contributed by atoms with Crippen LogP contribution in [0.1, 0.15) is 51.9 Å². The number of unbranched alkanes of at least 4 members (excludes halogenated alkanes) is 2. The Morgan fingerprint density at radius 2 is 2.00 bits per heavy atom. The first-order chi connectivity index (χ1) is 5.43. The summed E-state index contributed by atoms with van der Waals surface area (Å²) in [6.07, 6.45) is 14.6. The quantitative estimate of drug-likeness (QED) is 0.423. The molecule has 0 aliphatic heterocycles. The van der Waals surface area contributed by atoms with Crippen LogP contribution in [0.3, 0.4) is 0 Å². The Hall–Kier alpha value is -0.260. The van der Waals surface area contributed by atoms with E-state index in [2.05, 4.69) is 19.1 Å². The lowest BCUT2D eigenvalue weighted by atomic mass is 10.1. The average Bonchev–Trinajstić information content (AvgIpc) is 2.50. The summed E-state index contributed by atoms with van der Waals surface area (Å²) in [4.78, 5) is 0. The van der Waals surface area contributed by atoms with Gasteiger partial charge in [-0.3, -0.25) is 0 Å². The maximum Gasteiger partial charge on any atom is -0.0234 e. The number of allylic oxidation sites excluding steroid dienone is 2. The zero-order valence-electron chi connectivity index (χ0n) is 7.68. The van der Waals surface area contributed by atoms with E-state index in [9.17, 15) is 0 Å². The van der Waals surface area contributed by atoms with Gasteiger partial charge in [-0.05, 0) is 25.2 Å². The molecule has 0 spiro atoms. The van der Waals surface area contributed by atoms with Gasteiger partial charge < -0.3 is 0 Å². The van der Waals surface area contributed by atoms with Gasteiger partial charge in [-0.1, -0.05) is 44.8 Å².